The van der Waals surface area contributed by atoms with Gasteiger partial charge in [0.15, 0.2) is 8.32 Å². The number of hydrogen-bond donors (Lipinski definition) is 0. The largest absolute Gasteiger partial charge is 0.411 e. The zero-order chi connectivity index (χ0) is 17.7. The molecule has 134 valence electrons. The number of ether oxygens (including phenoxy) is 2. The van der Waals surface area contributed by atoms with E-state index in [1.54, 1.807) is 7.11 Å². The van der Waals surface area contributed by atoms with Gasteiger partial charge in [-0.05, 0) is 41.0 Å². The Morgan fingerprint density at radius 1 is 1.17 bits per heavy atom. The summed E-state index contributed by atoms with van der Waals surface area (Å²) in [5.74, 6) is 0. The Bertz CT molecular complexity index is 498. The minimum Gasteiger partial charge on any atom is -0.411 e. The van der Waals surface area contributed by atoms with E-state index in [0.717, 1.165) is 15.9 Å². The SMILES string of the molecule is COCCOCCn1nc(C)c(Br)c1CO[Si](C)(C)C(C)(C)C. The van der Waals surface area contributed by atoms with E-state index < -0.39 is 8.32 Å². The van der Waals surface area contributed by atoms with Crippen molar-refractivity contribution < 1.29 is 13.9 Å². The first-order chi connectivity index (χ1) is 10.6. The molecular weight excluding hydrogens is 376 g/mol. The van der Waals surface area contributed by atoms with Gasteiger partial charge in [-0.3, -0.25) is 4.68 Å². The molecule has 0 unspecified atom stereocenters. The summed E-state index contributed by atoms with van der Waals surface area (Å²) in [5.41, 5.74) is 2.07. The number of methoxy groups -OCH3 is 1. The van der Waals surface area contributed by atoms with Crippen molar-refractivity contribution in [2.45, 2.75) is 59.0 Å². The van der Waals surface area contributed by atoms with Crippen LogP contribution in [-0.2, 0) is 27.1 Å². The van der Waals surface area contributed by atoms with Gasteiger partial charge in [0.25, 0.3) is 0 Å². The minimum atomic E-state index is -1.78. The zero-order valence-corrected chi connectivity index (χ0v) is 18.1. The molecule has 0 spiro atoms. The fourth-order valence-corrected chi connectivity index (χ4v) is 3.12. The standard InChI is InChI=1S/C16H31BrN2O3Si/c1-13-15(17)14(12-22-23(6,7)16(2,3)4)19(18-13)8-9-21-11-10-20-5/h8-12H2,1-7H3. The lowest BCUT2D eigenvalue weighted by atomic mass is 10.2. The molecule has 0 saturated carbocycles. The molecule has 0 aliphatic rings. The average molecular weight is 407 g/mol. The van der Waals surface area contributed by atoms with Crippen molar-refractivity contribution >= 4 is 24.2 Å². The van der Waals surface area contributed by atoms with Crippen LogP contribution in [0.3, 0.4) is 0 Å². The number of nitrogens with zero attached hydrogens (tertiary/aromatic N) is 2. The van der Waals surface area contributed by atoms with Crippen LogP contribution in [0.1, 0.15) is 32.2 Å². The van der Waals surface area contributed by atoms with Gasteiger partial charge in [-0.15, -0.1) is 0 Å². The summed E-state index contributed by atoms with van der Waals surface area (Å²) in [4.78, 5) is 0. The van der Waals surface area contributed by atoms with Gasteiger partial charge >= 0.3 is 0 Å². The van der Waals surface area contributed by atoms with Crippen LogP contribution >= 0.6 is 15.9 Å². The highest BCUT2D eigenvalue weighted by atomic mass is 79.9. The summed E-state index contributed by atoms with van der Waals surface area (Å²) in [6, 6.07) is 0. The molecular formula is C16H31BrN2O3Si. The third kappa shape index (κ3) is 5.97. The van der Waals surface area contributed by atoms with Crippen LogP contribution in [-0.4, -0.2) is 45.0 Å². The molecule has 0 atom stereocenters. The van der Waals surface area contributed by atoms with Gasteiger partial charge in [0.1, 0.15) is 0 Å². The molecule has 1 heterocycles. The van der Waals surface area contributed by atoms with E-state index in [-0.39, 0.29) is 5.04 Å². The van der Waals surface area contributed by atoms with Gasteiger partial charge in [0, 0.05) is 7.11 Å². The Balaban J connectivity index is 2.70. The van der Waals surface area contributed by atoms with E-state index in [1.165, 1.54) is 0 Å². The molecule has 0 N–H and O–H groups in total. The second-order valence-electron chi connectivity index (χ2n) is 7.22. The smallest absolute Gasteiger partial charge is 0.192 e. The summed E-state index contributed by atoms with van der Waals surface area (Å²) in [5, 5.41) is 4.78. The molecule has 0 saturated heterocycles. The maximum atomic E-state index is 6.35. The van der Waals surface area contributed by atoms with Crippen LogP contribution in [0.2, 0.25) is 18.1 Å². The maximum Gasteiger partial charge on any atom is 0.192 e. The van der Waals surface area contributed by atoms with Crippen molar-refractivity contribution in [1.82, 2.24) is 9.78 Å². The van der Waals surface area contributed by atoms with Crippen LogP contribution in [0.5, 0.6) is 0 Å². The topological polar surface area (TPSA) is 45.5 Å². The lowest BCUT2D eigenvalue weighted by Gasteiger charge is -2.36. The summed E-state index contributed by atoms with van der Waals surface area (Å²) in [6.07, 6.45) is 0. The zero-order valence-electron chi connectivity index (χ0n) is 15.5. The van der Waals surface area contributed by atoms with Crippen molar-refractivity contribution in [3.8, 4) is 0 Å². The van der Waals surface area contributed by atoms with Crippen molar-refractivity contribution in [2.75, 3.05) is 26.9 Å². The molecule has 0 aliphatic heterocycles. The van der Waals surface area contributed by atoms with E-state index in [4.69, 9.17) is 13.9 Å². The maximum absolute atomic E-state index is 6.35. The molecule has 0 aromatic carbocycles. The van der Waals surface area contributed by atoms with Gasteiger partial charge in [0.2, 0.25) is 0 Å². The number of aryl methyl sites for hydroxylation is 1. The van der Waals surface area contributed by atoms with E-state index >= 15 is 0 Å². The Morgan fingerprint density at radius 2 is 1.83 bits per heavy atom. The highest BCUT2D eigenvalue weighted by Gasteiger charge is 2.37. The van der Waals surface area contributed by atoms with Crippen LogP contribution < -0.4 is 0 Å². The molecule has 0 aliphatic carbocycles. The van der Waals surface area contributed by atoms with Crippen molar-refractivity contribution in [1.29, 1.82) is 0 Å². The lowest BCUT2D eigenvalue weighted by Crippen LogP contribution is -2.40. The van der Waals surface area contributed by atoms with Gasteiger partial charge < -0.3 is 13.9 Å². The second kappa shape index (κ2) is 8.76. The Labute approximate surface area is 149 Å². The number of hydrogen-bond acceptors (Lipinski definition) is 4. The summed E-state index contributed by atoms with van der Waals surface area (Å²) < 4.78 is 19.9. The van der Waals surface area contributed by atoms with E-state index in [9.17, 15) is 0 Å². The first kappa shape index (κ1) is 20.8. The van der Waals surface area contributed by atoms with Gasteiger partial charge in [-0.25, -0.2) is 0 Å². The molecule has 0 amide bonds. The molecule has 1 aromatic rings. The van der Waals surface area contributed by atoms with Gasteiger partial charge in [0.05, 0.1) is 48.8 Å². The fraction of sp³-hybridized carbons (Fsp3) is 0.812. The first-order valence-electron chi connectivity index (χ1n) is 8.02. The highest BCUT2D eigenvalue weighted by Crippen LogP contribution is 2.37. The van der Waals surface area contributed by atoms with E-state index in [0.29, 0.717) is 33.0 Å². The molecule has 23 heavy (non-hydrogen) atoms. The Hall–Kier alpha value is -0.213. The number of rotatable bonds is 9. The molecule has 0 fully saturated rings. The van der Waals surface area contributed by atoms with Crippen molar-refractivity contribution in [2.24, 2.45) is 0 Å². The van der Waals surface area contributed by atoms with Crippen molar-refractivity contribution in [3.05, 3.63) is 15.9 Å². The monoisotopic (exact) mass is 406 g/mol. The predicted molar refractivity (Wildman–Crippen MR) is 99.3 cm³/mol. The summed E-state index contributed by atoms with van der Waals surface area (Å²) in [6.45, 7) is 16.4. The lowest BCUT2D eigenvalue weighted by molar-refractivity contribution is 0.0646. The molecule has 5 nitrogen and oxygen atoms in total. The van der Waals surface area contributed by atoms with Crippen LogP contribution in [0.25, 0.3) is 0 Å². The highest BCUT2D eigenvalue weighted by molar-refractivity contribution is 9.10. The van der Waals surface area contributed by atoms with Gasteiger partial charge in [-0.2, -0.15) is 5.10 Å². The Morgan fingerprint density at radius 3 is 2.39 bits per heavy atom. The first-order valence-corrected chi connectivity index (χ1v) is 11.7. The molecule has 1 rings (SSSR count). The number of aromatic nitrogens is 2. The Kier molecular flexibility index (Phi) is 7.93. The summed E-state index contributed by atoms with van der Waals surface area (Å²) >= 11 is 3.64. The third-order valence-corrected chi connectivity index (χ3v) is 9.92. The predicted octanol–water partition coefficient (Wildman–Crippen LogP) is 4.14. The minimum absolute atomic E-state index is 0.197. The molecule has 7 heteroatoms. The summed E-state index contributed by atoms with van der Waals surface area (Å²) in [7, 11) is -0.109. The van der Waals surface area contributed by atoms with Crippen LogP contribution in [0.4, 0.5) is 0 Å². The van der Waals surface area contributed by atoms with Crippen molar-refractivity contribution in [3.63, 3.8) is 0 Å². The second-order valence-corrected chi connectivity index (χ2v) is 12.8. The number of halogens is 1. The van der Waals surface area contributed by atoms with Crippen LogP contribution in [0.15, 0.2) is 4.47 Å². The normalized spacial score (nSPS) is 12.9. The van der Waals surface area contributed by atoms with Gasteiger partial charge in [-0.1, -0.05) is 20.8 Å². The van der Waals surface area contributed by atoms with E-state index in [1.807, 2.05) is 11.6 Å². The molecule has 0 radical (unpaired) electrons. The fourth-order valence-electron chi connectivity index (χ4n) is 1.79. The van der Waals surface area contributed by atoms with E-state index in [2.05, 4.69) is 54.9 Å². The third-order valence-electron chi connectivity index (χ3n) is 4.41. The quantitative estimate of drug-likeness (QED) is 0.456. The molecule has 0 bridgehead atoms. The van der Waals surface area contributed by atoms with Crippen LogP contribution in [0, 0.1) is 6.92 Å². The molecule has 1 aromatic heterocycles. The average Bonchev–Trinajstić information content (AvgIpc) is 2.70.